The molecule has 0 amide bonds. The maximum atomic E-state index is 10.8. The first-order valence-electron chi connectivity index (χ1n) is 8.77. The fraction of sp³-hybridized carbons (Fsp3) is 0.556. The van der Waals surface area contributed by atoms with Crippen molar-refractivity contribution >= 4 is 36.5 Å². The molecule has 0 aromatic carbocycles. The van der Waals surface area contributed by atoms with Gasteiger partial charge in [-0.05, 0) is 25.7 Å². The first kappa shape index (κ1) is 26.0. The molecule has 0 saturated heterocycles. The topological polar surface area (TPSA) is 177 Å². The lowest BCUT2D eigenvalue weighted by Gasteiger charge is -2.18. The maximum Gasteiger partial charge on any atom is 0.240 e. The van der Waals surface area contributed by atoms with Crippen LogP contribution in [0.3, 0.4) is 0 Å². The minimum atomic E-state index is -0.787. The largest absolute Gasteiger partial charge is 0.240 e. The Kier molecular flexibility index (Phi) is 15.9. The van der Waals surface area contributed by atoms with Gasteiger partial charge in [-0.1, -0.05) is 12.8 Å². The Morgan fingerprint density at radius 3 is 1.77 bits per heavy atom. The number of rotatable bonds is 16. The molecule has 0 N–H and O–H groups in total. The normalized spacial score (nSPS) is 12.0. The van der Waals surface area contributed by atoms with Gasteiger partial charge in [-0.15, -0.1) is 0 Å². The number of hydrogen-bond acceptors (Lipinski definition) is 12. The predicted molar refractivity (Wildman–Crippen MR) is 101 cm³/mol. The molecular formula is C18H18N6O6. The van der Waals surface area contributed by atoms with E-state index in [0.717, 1.165) is 0 Å². The average molecular weight is 414 g/mol. The molecule has 0 radical (unpaired) electrons. The molecule has 0 aliphatic rings. The van der Waals surface area contributed by atoms with E-state index in [1.165, 1.54) is 36.5 Å². The van der Waals surface area contributed by atoms with E-state index in [4.69, 9.17) is 0 Å². The van der Waals surface area contributed by atoms with Crippen molar-refractivity contribution in [2.75, 3.05) is 13.1 Å². The summed E-state index contributed by atoms with van der Waals surface area (Å²) in [7, 11) is 0. The lowest BCUT2D eigenvalue weighted by Crippen LogP contribution is -2.23. The van der Waals surface area contributed by atoms with Crippen LogP contribution in [-0.4, -0.2) is 61.7 Å². The Morgan fingerprint density at radius 2 is 1.20 bits per heavy atom. The van der Waals surface area contributed by atoms with Crippen molar-refractivity contribution in [2.24, 2.45) is 30.0 Å². The molecule has 0 aliphatic carbocycles. The van der Waals surface area contributed by atoms with Crippen molar-refractivity contribution in [2.45, 2.75) is 50.6 Å². The highest BCUT2D eigenvalue weighted by Gasteiger charge is 2.21. The van der Waals surface area contributed by atoms with Gasteiger partial charge >= 0.3 is 0 Å². The van der Waals surface area contributed by atoms with Gasteiger partial charge in [0.25, 0.3) is 0 Å². The van der Waals surface area contributed by atoms with E-state index in [0.29, 0.717) is 32.2 Å². The van der Waals surface area contributed by atoms with Gasteiger partial charge in [0.1, 0.15) is 0 Å². The molecule has 2 unspecified atom stereocenters. The first-order valence-corrected chi connectivity index (χ1v) is 8.77. The maximum absolute atomic E-state index is 10.8. The van der Waals surface area contributed by atoms with E-state index in [9.17, 15) is 28.8 Å². The Balaban J connectivity index is 5.42. The molecule has 0 fully saturated rings. The molecule has 0 spiro atoms. The standard InChI is InChI=1S/C18H18N6O6/c25-9-19-7-3-1-2-4-15(21-11-27)16(22-12-28)5-6-17(23-13-29)18(24-14-30)8-20-10-26/h15-16H,1-8H2. The molecule has 12 heteroatoms. The van der Waals surface area contributed by atoms with Gasteiger partial charge in [-0.3, -0.25) is 0 Å². The number of hydrogen-bond donors (Lipinski definition) is 0. The molecule has 12 nitrogen and oxygen atoms in total. The molecule has 2 atom stereocenters. The van der Waals surface area contributed by atoms with Gasteiger partial charge in [0, 0.05) is 0 Å². The highest BCUT2D eigenvalue weighted by atomic mass is 16.1. The molecule has 0 bridgehead atoms. The quantitative estimate of drug-likeness (QED) is 0.209. The van der Waals surface area contributed by atoms with E-state index < -0.39 is 12.1 Å². The smallest absolute Gasteiger partial charge is 0.211 e. The minimum absolute atomic E-state index is 0.0148. The second-order valence-corrected chi connectivity index (χ2v) is 5.64. The van der Waals surface area contributed by atoms with E-state index in [1.807, 2.05) is 0 Å². The van der Waals surface area contributed by atoms with Gasteiger partial charge in [0.2, 0.25) is 36.5 Å². The first-order chi connectivity index (χ1) is 14.7. The zero-order valence-corrected chi connectivity index (χ0v) is 15.9. The van der Waals surface area contributed by atoms with E-state index >= 15 is 0 Å². The van der Waals surface area contributed by atoms with Crippen LogP contribution in [-0.2, 0) is 28.8 Å². The van der Waals surface area contributed by atoms with Crippen LogP contribution < -0.4 is 0 Å². The summed E-state index contributed by atoms with van der Waals surface area (Å²) in [5, 5.41) is 0. The monoisotopic (exact) mass is 414 g/mol. The highest BCUT2D eigenvalue weighted by molar-refractivity contribution is 5.43. The number of allylic oxidation sites excluding steroid dienone is 1. The van der Waals surface area contributed by atoms with Crippen LogP contribution in [0.25, 0.3) is 0 Å². The summed E-state index contributed by atoms with van der Waals surface area (Å²) in [6, 6.07) is -1.48. The molecule has 0 saturated carbocycles. The highest BCUT2D eigenvalue weighted by Crippen LogP contribution is 2.21. The van der Waals surface area contributed by atoms with Crippen LogP contribution in [0.5, 0.6) is 0 Å². The van der Waals surface area contributed by atoms with Gasteiger partial charge < -0.3 is 0 Å². The number of aliphatic imine (C=N–C) groups is 6. The Bertz CT molecular complexity index is 877. The zero-order valence-electron chi connectivity index (χ0n) is 15.9. The van der Waals surface area contributed by atoms with E-state index in [-0.39, 0.29) is 30.8 Å². The summed E-state index contributed by atoms with van der Waals surface area (Å²) >= 11 is 0. The fourth-order valence-electron chi connectivity index (χ4n) is 2.55. The van der Waals surface area contributed by atoms with Crippen LogP contribution in [0.15, 0.2) is 41.3 Å². The van der Waals surface area contributed by atoms with Crippen molar-refractivity contribution in [3.8, 4) is 0 Å². The summed E-state index contributed by atoms with van der Waals surface area (Å²) in [5.74, 6) is 0. The molecule has 0 heterocycles. The molecule has 0 aliphatic heterocycles. The molecule has 30 heavy (non-hydrogen) atoms. The van der Waals surface area contributed by atoms with Crippen molar-refractivity contribution in [1.29, 1.82) is 0 Å². The van der Waals surface area contributed by atoms with Crippen LogP contribution in [0.1, 0.15) is 38.5 Å². The number of nitrogens with zero attached hydrogens (tertiary/aromatic N) is 6. The lowest BCUT2D eigenvalue weighted by molar-refractivity contribution is 0.444. The molecule has 156 valence electrons. The number of carbonyl (C=O) groups excluding carboxylic acids is 6. The molecular weight excluding hydrogens is 396 g/mol. The van der Waals surface area contributed by atoms with Crippen molar-refractivity contribution in [3.05, 3.63) is 11.4 Å². The van der Waals surface area contributed by atoms with E-state index in [2.05, 4.69) is 30.0 Å². The molecule has 0 aromatic heterocycles. The number of isocyanates is 6. The summed E-state index contributed by atoms with van der Waals surface area (Å²) in [6.07, 6.45) is 10.5. The second-order valence-electron chi connectivity index (χ2n) is 5.64. The van der Waals surface area contributed by atoms with Gasteiger partial charge in [-0.25, -0.2) is 43.7 Å². The summed E-state index contributed by atoms with van der Waals surface area (Å²) in [4.78, 5) is 84.1. The SMILES string of the molecule is O=C=NCCCCCC(N=C=O)C(CCC(N=C=O)=C(CN=C=O)N=C=O)N=C=O. The summed E-state index contributed by atoms with van der Waals surface area (Å²) in [5.41, 5.74) is -0.115. The molecule has 0 rings (SSSR count). The zero-order chi connectivity index (χ0) is 22.5. The van der Waals surface area contributed by atoms with Gasteiger partial charge in [-0.2, -0.15) is 15.0 Å². The van der Waals surface area contributed by atoms with Gasteiger partial charge in [0.15, 0.2) is 0 Å². The molecule has 0 aromatic rings. The van der Waals surface area contributed by atoms with E-state index in [1.54, 1.807) is 0 Å². The second kappa shape index (κ2) is 18.4. The van der Waals surface area contributed by atoms with Gasteiger partial charge in [0.05, 0.1) is 36.6 Å². The Hall–Kier alpha value is -3.98. The Labute approximate surface area is 171 Å². The van der Waals surface area contributed by atoms with Crippen molar-refractivity contribution < 1.29 is 28.8 Å². The van der Waals surface area contributed by atoms with Crippen molar-refractivity contribution in [3.63, 3.8) is 0 Å². The fourth-order valence-corrected chi connectivity index (χ4v) is 2.55. The summed E-state index contributed by atoms with van der Waals surface area (Å²) < 4.78 is 0. The number of unbranched alkanes of at least 4 members (excludes halogenated alkanes) is 2. The third-order valence-electron chi connectivity index (χ3n) is 3.88. The van der Waals surface area contributed by atoms with Crippen LogP contribution >= 0.6 is 0 Å². The predicted octanol–water partition coefficient (Wildman–Crippen LogP) is 1.29. The van der Waals surface area contributed by atoms with Crippen LogP contribution in [0.4, 0.5) is 0 Å². The summed E-state index contributed by atoms with van der Waals surface area (Å²) in [6.45, 7) is -0.0256. The lowest BCUT2D eigenvalue weighted by atomic mass is 9.97. The Morgan fingerprint density at radius 1 is 0.600 bits per heavy atom. The van der Waals surface area contributed by atoms with Crippen LogP contribution in [0, 0.1) is 0 Å². The third-order valence-corrected chi connectivity index (χ3v) is 3.88. The average Bonchev–Trinajstić information content (AvgIpc) is 2.75. The van der Waals surface area contributed by atoms with Crippen LogP contribution in [0.2, 0.25) is 0 Å². The minimum Gasteiger partial charge on any atom is -0.211 e. The third kappa shape index (κ3) is 11.7. The van der Waals surface area contributed by atoms with Crippen molar-refractivity contribution in [1.82, 2.24) is 0 Å².